The minimum atomic E-state index is -3.26. The Morgan fingerprint density at radius 2 is 2.19 bits per heavy atom. The Morgan fingerprint density at radius 3 is 2.67 bits per heavy atom. The van der Waals surface area contributed by atoms with E-state index in [4.69, 9.17) is 5.26 Å². The smallest absolute Gasteiger partial charge is 0.387 e. The normalized spacial score (nSPS) is 10.0. The summed E-state index contributed by atoms with van der Waals surface area (Å²) in [4.78, 5) is 21.3. The lowest BCUT2D eigenvalue weighted by atomic mass is 10.1. The first-order valence-corrected chi connectivity index (χ1v) is 5.70. The van der Waals surface area contributed by atoms with Crippen LogP contribution in [0.1, 0.15) is 18.1 Å². The lowest BCUT2D eigenvalue weighted by molar-refractivity contribution is -0.385. The first-order valence-electron chi connectivity index (χ1n) is 5.70. The summed E-state index contributed by atoms with van der Waals surface area (Å²) in [5.41, 5.74) is -1.31. The molecular formula is C12H10F2N2O5. The predicted molar refractivity (Wildman–Crippen MR) is 64.8 cm³/mol. The molecule has 0 radical (unpaired) electrons. The topological polar surface area (TPSA) is 102 Å². The molecular weight excluding hydrogens is 290 g/mol. The van der Waals surface area contributed by atoms with Gasteiger partial charge in [0.15, 0.2) is 11.3 Å². The maximum atomic E-state index is 12.3. The zero-order valence-corrected chi connectivity index (χ0v) is 10.8. The van der Waals surface area contributed by atoms with Gasteiger partial charge in [-0.15, -0.1) is 0 Å². The van der Waals surface area contributed by atoms with Crippen molar-refractivity contribution in [3.05, 3.63) is 33.4 Å². The number of hydrogen-bond acceptors (Lipinski definition) is 6. The van der Waals surface area contributed by atoms with Crippen LogP contribution in [0.5, 0.6) is 5.75 Å². The number of alkyl halides is 2. The van der Waals surface area contributed by atoms with Gasteiger partial charge < -0.3 is 9.47 Å². The Bertz CT molecular complexity index is 598. The number of halogens is 2. The number of ether oxygens (including phenoxy) is 2. The molecule has 0 heterocycles. The third-order valence-electron chi connectivity index (χ3n) is 2.32. The summed E-state index contributed by atoms with van der Waals surface area (Å²) in [6, 6.07) is 3.37. The maximum Gasteiger partial charge on any atom is 0.387 e. The van der Waals surface area contributed by atoms with E-state index in [0.29, 0.717) is 0 Å². The molecule has 0 atom stereocenters. The van der Waals surface area contributed by atoms with Gasteiger partial charge in [0.05, 0.1) is 18.0 Å². The van der Waals surface area contributed by atoms with Gasteiger partial charge in [0.2, 0.25) is 0 Å². The Balaban J connectivity index is 3.28. The van der Waals surface area contributed by atoms with Crippen LogP contribution in [0, 0.1) is 21.4 Å². The third-order valence-corrected chi connectivity index (χ3v) is 2.32. The van der Waals surface area contributed by atoms with Crippen LogP contribution in [0.25, 0.3) is 0 Å². The lowest BCUT2D eigenvalue weighted by Gasteiger charge is -2.09. The van der Waals surface area contributed by atoms with Crippen molar-refractivity contribution < 1.29 is 28.0 Å². The van der Waals surface area contributed by atoms with Crippen LogP contribution in [0.4, 0.5) is 14.5 Å². The van der Waals surface area contributed by atoms with Crippen LogP contribution in [0.2, 0.25) is 0 Å². The largest absolute Gasteiger partial charge is 0.466 e. The summed E-state index contributed by atoms with van der Waals surface area (Å²) >= 11 is 0. The van der Waals surface area contributed by atoms with Gasteiger partial charge in [0, 0.05) is 6.07 Å². The van der Waals surface area contributed by atoms with E-state index in [2.05, 4.69) is 9.47 Å². The minimum Gasteiger partial charge on any atom is -0.466 e. The molecule has 0 aliphatic rings. The maximum absolute atomic E-state index is 12.3. The molecule has 0 aliphatic carbocycles. The molecule has 0 bridgehead atoms. The molecule has 7 nitrogen and oxygen atoms in total. The number of nitro groups is 1. The van der Waals surface area contributed by atoms with Gasteiger partial charge in [-0.25, -0.2) is 0 Å². The Morgan fingerprint density at radius 1 is 1.52 bits per heavy atom. The van der Waals surface area contributed by atoms with Crippen LogP contribution in [0.15, 0.2) is 12.1 Å². The zero-order chi connectivity index (χ0) is 16.0. The fraction of sp³-hybridized carbons (Fsp3) is 0.333. The number of nitro benzene ring substituents is 1. The molecule has 0 amide bonds. The number of carbonyl (C=O) groups excluding carboxylic acids is 1. The van der Waals surface area contributed by atoms with E-state index >= 15 is 0 Å². The van der Waals surface area contributed by atoms with Crippen LogP contribution >= 0.6 is 0 Å². The monoisotopic (exact) mass is 300 g/mol. The molecule has 0 aromatic heterocycles. The molecule has 1 aromatic carbocycles. The number of hydrogen-bond donors (Lipinski definition) is 0. The molecule has 0 N–H and O–H groups in total. The zero-order valence-electron chi connectivity index (χ0n) is 10.8. The highest BCUT2D eigenvalue weighted by Crippen LogP contribution is 2.31. The van der Waals surface area contributed by atoms with Crippen molar-refractivity contribution in [2.45, 2.75) is 20.0 Å². The number of nitriles is 1. The van der Waals surface area contributed by atoms with E-state index in [1.807, 2.05) is 0 Å². The summed E-state index contributed by atoms with van der Waals surface area (Å²) in [7, 11) is 0. The standard InChI is InChI=1S/C12H10F2N2O5/c1-2-20-11(17)5-7-3-9(16(18)19)8(6-15)10(4-7)21-12(13)14/h3-4,12H,2,5H2,1H3. The molecule has 0 saturated carbocycles. The van der Waals surface area contributed by atoms with E-state index in [1.54, 1.807) is 6.92 Å². The lowest BCUT2D eigenvalue weighted by Crippen LogP contribution is -2.10. The molecule has 1 aromatic rings. The fourth-order valence-corrected chi connectivity index (χ4v) is 1.58. The second-order valence-electron chi connectivity index (χ2n) is 3.72. The van der Waals surface area contributed by atoms with Crippen molar-refractivity contribution in [2.24, 2.45) is 0 Å². The molecule has 0 saturated heterocycles. The van der Waals surface area contributed by atoms with Crippen LogP contribution in [-0.2, 0) is 16.0 Å². The first-order chi connectivity index (χ1) is 9.88. The number of carbonyl (C=O) groups is 1. The van der Waals surface area contributed by atoms with Crippen molar-refractivity contribution in [1.82, 2.24) is 0 Å². The average Bonchev–Trinajstić information content (AvgIpc) is 2.37. The van der Waals surface area contributed by atoms with Gasteiger partial charge >= 0.3 is 12.6 Å². The molecule has 21 heavy (non-hydrogen) atoms. The second kappa shape index (κ2) is 7.14. The van der Waals surface area contributed by atoms with Gasteiger partial charge in [-0.05, 0) is 18.6 Å². The average molecular weight is 300 g/mol. The molecule has 0 unspecified atom stereocenters. The van der Waals surface area contributed by atoms with Gasteiger partial charge in [-0.3, -0.25) is 14.9 Å². The molecule has 1 rings (SSSR count). The quantitative estimate of drug-likeness (QED) is 0.453. The Labute approximate surface area is 117 Å². The number of nitrogens with zero attached hydrogens (tertiary/aromatic N) is 2. The van der Waals surface area contributed by atoms with E-state index in [1.165, 1.54) is 6.07 Å². The second-order valence-corrected chi connectivity index (χ2v) is 3.72. The van der Waals surface area contributed by atoms with Crippen molar-refractivity contribution in [3.8, 4) is 11.8 Å². The number of esters is 1. The van der Waals surface area contributed by atoms with Crippen LogP contribution in [-0.4, -0.2) is 24.1 Å². The Hall–Kier alpha value is -2.76. The predicted octanol–water partition coefficient (Wildman–Crippen LogP) is 2.17. The molecule has 0 fully saturated rings. The van der Waals surface area contributed by atoms with E-state index < -0.39 is 34.5 Å². The van der Waals surface area contributed by atoms with Gasteiger partial charge in [-0.2, -0.15) is 14.0 Å². The van der Waals surface area contributed by atoms with Crippen molar-refractivity contribution in [2.75, 3.05) is 6.61 Å². The molecule has 0 spiro atoms. The SMILES string of the molecule is CCOC(=O)Cc1cc(OC(F)F)c(C#N)c([N+](=O)[O-])c1. The summed E-state index contributed by atoms with van der Waals surface area (Å²) in [6.07, 6.45) is -0.361. The molecule has 112 valence electrons. The summed E-state index contributed by atoms with van der Waals surface area (Å²) in [5.74, 6) is -1.33. The third kappa shape index (κ3) is 4.38. The van der Waals surface area contributed by atoms with E-state index in [0.717, 1.165) is 12.1 Å². The molecule has 9 heteroatoms. The summed E-state index contributed by atoms with van der Waals surface area (Å²) in [6.45, 7) is -1.57. The van der Waals surface area contributed by atoms with E-state index in [9.17, 15) is 23.7 Å². The van der Waals surface area contributed by atoms with Crippen molar-refractivity contribution >= 4 is 11.7 Å². The van der Waals surface area contributed by atoms with E-state index in [-0.39, 0.29) is 18.6 Å². The fourth-order valence-electron chi connectivity index (χ4n) is 1.58. The van der Waals surface area contributed by atoms with Gasteiger partial charge in [0.25, 0.3) is 5.69 Å². The Kier molecular flexibility index (Phi) is 5.54. The number of rotatable bonds is 6. The van der Waals surface area contributed by atoms with Crippen LogP contribution < -0.4 is 4.74 Å². The van der Waals surface area contributed by atoms with Crippen molar-refractivity contribution in [1.29, 1.82) is 5.26 Å². The summed E-state index contributed by atoms with van der Waals surface area (Å²) < 4.78 is 33.3. The highest BCUT2D eigenvalue weighted by molar-refractivity contribution is 5.74. The highest BCUT2D eigenvalue weighted by Gasteiger charge is 2.23. The van der Waals surface area contributed by atoms with Crippen LogP contribution in [0.3, 0.4) is 0 Å². The van der Waals surface area contributed by atoms with Gasteiger partial charge in [-0.1, -0.05) is 0 Å². The summed E-state index contributed by atoms with van der Waals surface area (Å²) in [5, 5.41) is 19.7. The molecule has 0 aliphatic heterocycles. The number of benzene rings is 1. The highest BCUT2D eigenvalue weighted by atomic mass is 19.3. The van der Waals surface area contributed by atoms with Gasteiger partial charge in [0.1, 0.15) is 6.07 Å². The van der Waals surface area contributed by atoms with Crippen molar-refractivity contribution in [3.63, 3.8) is 0 Å². The first kappa shape index (κ1) is 16.3. The minimum absolute atomic E-state index is 0.0369.